The molecule has 2 atom stereocenters. The molecule has 1 aliphatic heterocycles. The van der Waals surface area contributed by atoms with E-state index in [1.54, 1.807) is 12.1 Å². The molecule has 2 rings (SSSR count). The smallest absolute Gasteiger partial charge is 0.163 e. The largest absolute Gasteiger partial charge is 0.377 e. The molecule has 0 N–H and O–H groups in total. The van der Waals surface area contributed by atoms with Gasteiger partial charge in [-0.2, -0.15) is 0 Å². The lowest BCUT2D eigenvalue weighted by Crippen LogP contribution is -2.18. The molecule has 1 aliphatic rings. The zero-order valence-electron chi connectivity index (χ0n) is 10.3. The van der Waals surface area contributed by atoms with Crippen molar-refractivity contribution in [2.75, 3.05) is 18.1 Å². The fourth-order valence-corrected chi connectivity index (χ4v) is 3.30. The topological polar surface area (TPSA) is 43.4 Å². The molecule has 0 amide bonds. The molecule has 1 aromatic carbocycles. The van der Waals surface area contributed by atoms with E-state index in [1.807, 2.05) is 18.2 Å². The second-order valence-electron chi connectivity index (χ2n) is 4.48. The minimum Gasteiger partial charge on any atom is -0.377 e. The molecule has 98 valence electrons. The van der Waals surface area contributed by atoms with Crippen LogP contribution < -0.4 is 0 Å². The van der Waals surface area contributed by atoms with Crippen LogP contribution in [0.15, 0.2) is 30.3 Å². The van der Waals surface area contributed by atoms with Crippen LogP contribution in [0.4, 0.5) is 0 Å². The summed E-state index contributed by atoms with van der Waals surface area (Å²) in [5.74, 6) is 1.08. The molecular weight excluding hydrogens is 248 g/mol. The average molecular weight is 266 g/mol. The zero-order valence-corrected chi connectivity index (χ0v) is 11.2. The van der Waals surface area contributed by atoms with E-state index in [1.165, 1.54) is 0 Å². The van der Waals surface area contributed by atoms with Gasteiger partial charge in [0.1, 0.15) is 0 Å². The molecule has 0 aromatic heterocycles. The highest BCUT2D eigenvalue weighted by molar-refractivity contribution is 7.85. The summed E-state index contributed by atoms with van der Waals surface area (Å²) in [5.41, 5.74) is 0.701. The lowest BCUT2D eigenvalue weighted by atomic mass is 10.1. The monoisotopic (exact) mass is 266 g/mol. The molecule has 4 heteroatoms. The Hall–Kier alpha value is -1.00. The van der Waals surface area contributed by atoms with Gasteiger partial charge in [-0.25, -0.2) is 0 Å². The van der Waals surface area contributed by atoms with Crippen molar-refractivity contribution < 1.29 is 13.7 Å². The van der Waals surface area contributed by atoms with E-state index in [2.05, 4.69) is 0 Å². The second kappa shape index (κ2) is 6.81. The minimum absolute atomic E-state index is 0.0660. The molecule has 0 saturated carbocycles. The summed E-state index contributed by atoms with van der Waals surface area (Å²) in [7, 11) is -0.950. The highest BCUT2D eigenvalue weighted by Crippen LogP contribution is 2.13. The van der Waals surface area contributed by atoms with Gasteiger partial charge in [0.05, 0.1) is 6.10 Å². The first-order valence-corrected chi connectivity index (χ1v) is 7.79. The Bertz CT molecular complexity index is 410. The summed E-state index contributed by atoms with van der Waals surface area (Å²) in [6.45, 7) is 0.783. The number of carbonyl (C=O) groups excluding carboxylic acids is 1. The summed E-state index contributed by atoms with van der Waals surface area (Å²) in [6, 6.07) is 9.16. The fraction of sp³-hybridized carbons (Fsp3) is 0.500. The number of benzene rings is 1. The molecule has 1 fully saturated rings. The van der Waals surface area contributed by atoms with Crippen LogP contribution in [0.5, 0.6) is 0 Å². The van der Waals surface area contributed by atoms with E-state index in [0.29, 0.717) is 23.5 Å². The SMILES string of the molecule is O=C(CCS(=O)CC1CCCO1)c1ccccc1. The van der Waals surface area contributed by atoms with Crippen LogP contribution in [0.3, 0.4) is 0 Å². The van der Waals surface area contributed by atoms with Crippen LogP contribution in [-0.4, -0.2) is 34.2 Å². The van der Waals surface area contributed by atoms with Gasteiger partial charge in [-0.3, -0.25) is 9.00 Å². The van der Waals surface area contributed by atoms with E-state index >= 15 is 0 Å². The molecule has 18 heavy (non-hydrogen) atoms. The van der Waals surface area contributed by atoms with Crippen LogP contribution in [-0.2, 0) is 15.5 Å². The van der Waals surface area contributed by atoms with Crippen LogP contribution in [0.2, 0.25) is 0 Å². The second-order valence-corrected chi connectivity index (χ2v) is 6.11. The number of ether oxygens (including phenoxy) is 1. The predicted molar refractivity (Wildman–Crippen MR) is 72.2 cm³/mol. The third kappa shape index (κ3) is 4.03. The first-order valence-electron chi connectivity index (χ1n) is 6.30. The molecule has 0 radical (unpaired) electrons. The third-order valence-electron chi connectivity index (χ3n) is 3.05. The molecule has 1 saturated heterocycles. The Labute approximate surface area is 110 Å². The fourth-order valence-electron chi connectivity index (χ4n) is 2.04. The Kier molecular flexibility index (Phi) is 5.08. The van der Waals surface area contributed by atoms with Crippen LogP contribution in [0.1, 0.15) is 29.6 Å². The summed E-state index contributed by atoms with van der Waals surface area (Å²) >= 11 is 0. The minimum atomic E-state index is -0.950. The highest BCUT2D eigenvalue weighted by Gasteiger charge is 2.18. The summed E-state index contributed by atoms with van der Waals surface area (Å²) in [5, 5.41) is 0. The van der Waals surface area contributed by atoms with Gasteiger partial charge in [0.15, 0.2) is 5.78 Å². The quantitative estimate of drug-likeness (QED) is 0.741. The first-order chi connectivity index (χ1) is 8.75. The lowest BCUT2D eigenvalue weighted by Gasteiger charge is -2.08. The normalized spacial score (nSPS) is 20.8. The third-order valence-corrected chi connectivity index (χ3v) is 4.45. The molecule has 1 heterocycles. The van der Waals surface area contributed by atoms with E-state index in [-0.39, 0.29) is 11.9 Å². The van der Waals surface area contributed by atoms with Gasteiger partial charge >= 0.3 is 0 Å². The standard InChI is InChI=1S/C14H18O3S/c15-14(12-5-2-1-3-6-12)8-10-18(16)11-13-7-4-9-17-13/h1-3,5-6,13H,4,7-11H2. The molecule has 2 unspecified atom stereocenters. The zero-order chi connectivity index (χ0) is 12.8. The first kappa shape index (κ1) is 13.4. The lowest BCUT2D eigenvalue weighted by molar-refractivity contribution is 0.0988. The van der Waals surface area contributed by atoms with Crippen molar-refractivity contribution in [1.29, 1.82) is 0 Å². The Morgan fingerprint density at radius 2 is 2.11 bits per heavy atom. The van der Waals surface area contributed by atoms with Crippen molar-refractivity contribution in [3.05, 3.63) is 35.9 Å². The van der Waals surface area contributed by atoms with Crippen molar-refractivity contribution in [2.45, 2.75) is 25.4 Å². The maximum absolute atomic E-state index is 11.8. The van der Waals surface area contributed by atoms with Crippen molar-refractivity contribution in [3.8, 4) is 0 Å². The number of carbonyl (C=O) groups is 1. The van der Waals surface area contributed by atoms with E-state index in [4.69, 9.17) is 4.74 Å². The van der Waals surface area contributed by atoms with Crippen molar-refractivity contribution in [3.63, 3.8) is 0 Å². The van der Waals surface area contributed by atoms with E-state index < -0.39 is 10.8 Å². The van der Waals surface area contributed by atoms with E-state index in [0.717, 1.165) is 19.4 Å². The summed E-state index contributed by atoms with van der Waals surface area (Å²) < 4.78 is 17.3. The number of hydrogen-bond donors (Lipinski definition) is 0. The van der Waals surface area contributed by atoms with Gasteiger partial charge in [0, 0.05) is 40.9 Å². The summed E-state index contributed by atoms with van der Waals surface area (Å²) in [4.78, 5) is 11.8. The average Bonchev–Trinajstić information content (AvgIpc) is 2.90. The predicted octanol–water partition coefficient (Wildman–Crippen LogP) is 2.19. The summed E-state index contributed by atoms with van der Waals surface area (Å²) in [6.07, 6.45) is 2.55. The van der Waals surface area contributed by atoms with Crippen molar-refractivity contribution >= 4 is 16.6 Å². The molecule has 3 nitrogen and oxygen atoms in total. The van der Waals surface area contributed by atoms with Gasteiger partial charge < -0.3 is 4.74 Å². The van der Waals surface area contributed by atoms with Crippen LogP contribution >= 0.6 is 0 Å². The van der Waals surface area contributed by atoms with Crippen LogP contribution in [0.25, 0.3) is 0 Å². The van der Waals surface area contributed by atoms with Gasteiger partial charge in [0.25, 0.3) is 0 Å². The Balaban J connectivity index is 1.74. The van der Waals surface area contributed by atoms with Gasteiger partial charge in [-0.1, -0.05) is 30.3 Å². The molecule has 1 aromatic rings. The number of Topliss-reactive ketones (excluding diaryl/α,β-unsaturated/α-hetero) is 1. The highest BCUT2D eigenvalue weighted by atomic mass is 32.2. The molecule has 0 aliphatic carbocycles. The van der Waals surface area contributed by atoms with Gasteiger partial charge in [-0.15, -0.1) is 0 Å². The number of rotatable bonds is 6. The maximum Gasteiger partial charge on any atom is 0.163 e. The van der Waals surface area contributed by atoms with Gasteiger partial charge in [-0.05, 0) is 12.8 Å². The van der Waals surface area contributed by atoms with Crippen LogP contribution in [0, 0.1) is 0 Å². The Morgan fingerprint density at radius 1 is 1.33 bits per heavy atom. The molecular formula is C14H18O3S. The van der Waals surface area contributed by atoms with Crippen molar-refractivity contribution in [2.24, 2.45) is 0 Å². The molecule has 0 bridgehead atoms. The van der Waals surface area contributed by atoms with Crippen molar-refractivity contribution in [1.82, 2.24) is 0 Å². The van der Waals surface area contributed by atoms with E-state index in [9.17, 15) is 9.00 Å². The molecule has 0 spiro atoms. The maximum atomic E-state index is 11.8. The Morgan fingerprint density at radius 3 is 2.78 bits per heavy atom. The number of hydrogen-bond acceptors (Lipinski definition) is 3. The van der Waals surface area contributed by atoms with Gasteiger partial charge in [0.2, 0.25) is 0 Å². The number of ketones is 1.